The lowest BCUT2D eigenvalue weighted by Gasteiger charge is -2.32. The van der Waals surface area contributed by atoms with E-state index in [9.17, 15) is 10.2 Å². The molecule has 0 spiro atoms. The van der Waals surface area contributed by atoms with Gasteiger partial charge in [0.25, 0.3) is 0 Å². The van der Waals surface area contributed by atoms with Crippen molar-refractivity contribution < 1.29 is 14.9 Å². The van der Waals surface area contributed by atoms with Gasteiger partial charge in [0.05, 0.1) is 11.7 Å². The lowest BCUT2D eigenvalue weighted by atomic mass is 9.80. The van der Waals surface area contributed by atoms with Crippen LogP contribution in [-0.4, -0.2) is 28.2 Å². The zero-order chi connectivity index (χ0) is 8.51. The first-order valence-electron chi connectivity index (χ1n) is 4.66. The van der Waals surface area contributed by atoms with E-state index in [0.29, 0.717) is 17.8 Å². The van der Waals surface area contributed by atoms with Gasteiger partial charge in [-0.15, -0.1) is 0 Å². The van der Waals surface area contributed by atoms with Crippen molar-refractivity contribution in [2.45, 2.75) is 37.8 Å². The molecule has 2 N–H and O–H groups in total. The molecule has 0 aromatic rings. The van der Waals surface area contributed by atoms with Crippen LogP contribution in [0.3, 0.4) is 0 Å². The Bertz CT molecular complexity index is 226. The summed E-state index contributed by atoms with van der Waals surface area (Å²) >= 11 is 0. The topological polar surface area (TPSA) is 49.7 Å². The Morgan fingerprint density at radius 3 is 2.58 bits per heavy atom. The second-order valence-electron chi connectivity index (χ2n) is 4.67. The van der Waals surface area contributed by atoms with Gasteiger partial charge >= 0.3 is 0 Å². The summed E-state index contributed by atoms with van der Waals surface area (Å²) in [6.07, 6.45) is 1.27. The number of rotatable bonds is 0. The molecule has 3 heteroatoms. The fraction of sp³-hybridized carbons (Fsp3) is 1.00. The van der Waals surface area contributed by atoms with Crippen molar-refractivity contribution in [1.29, 1.82) is 0 Å². The van der Waals surface area contributed by atoms with Crippen molar-refractivity contribution >= 4 is 0 Å². The van der Waals surface area contributed by atoms with Gasteiger partial charge in [0.15, 0.2) is 6.29 Å². The first kappa shape index (κ1) is 7.30. The van der Waals surface area contributed by atoms with Crippen LogP contribution in [0, 0.1) is 17.8 Å². The van der Waals surface area contributed by atoms with E-state index in [0.717, 1.165) is 12.8 Å². The predicted octanol–water partition coefficient (Wildman–Crippen LogP) is 0.111. The van der Waals surface area contributed by atoms with Crippen LogP contribution < -0.4 is 0 Å². The minimum Gasteiger partial charge on any atom is -0.387 e. The highest BCUT2D eigenvalue weighted by Gasteiger charge is 2.65. The Labute approximate surface area is 71.3 Å². The van der Waals surface area contributed by atoms with Gasteiger partial charge < -0.3 is 14.9 Å². The molecule has 2 bridgehead atoms. The first-order valence-corrected chi connectivity index (χ1v) is 4.66. The van der Waals surface area contributed by atoms with Crippen LogP contribution in [0.25, 0.3) is 0 Å². The van der Waals surface area contributed by atoms with Gasteiger partial charge in [0, 0.05) is 5.92 Å². The molecule has 0 aromatic heterocycles. The second-order valence-corrected chi connectivity index (χ2v) is 4.67. The summed E-state index contributed by atoms with van der Waals surface area (Å²) in [4.78, 5) is 0. The molecule has 1 aliphatic heterocycles. The summed E-state index contributed by atoms with van der Waals surface area (Å²) < 4.78 is 5.36. The van der Waals surface area contributed by atoms with E-state index in [4.69, 9.17) is 4.74 Å². The Morgan fingerprint density at radius 1 is 1.33 bits per heavy atom. The summed E-state index contributed by atoms with van der Waals surface area (Å²) in [7, 11) is 0. The molecule has 68 valence electrons. The standard InChI is InChI=1S/C9H14O3/c1-9(11)4-2-5-6(3-4)8(10)12-7(5)9/h4-8,10-11H,2-3H2,1H3/t4-,5?,6?,7?,8?,9?/m0/s1. The Morgan fingerprint density at radius 2 is 2.00 bits per heavy atom. The summed E-state index contributed by atoms with van der Waals surface area (Å²) in [5, 5.41) is 19.5. The second kappa shape index (κ2) is 1.86. The van der Waals surface area contributed by atoms with E-state index in [1.807, 2.05) is 6.92 Å². The third-order valence-corrected chi connectivity index (χ3v) is 4.11. The minimum atomic E-state index is -0.682. The molecule has 5 unspecified atom stereocenters. The number of hydrogen-bond acceptors (Lipinski definition) is 3. The Balaban J connectivity index is 2.02. The van der Waals surface area contributed by atoms with Crippen molar-refractivity contribution in [2.75, 3.05) is 0 Å². The molecular weight excluding hydrogens is 156 g/mol. The smallest absolute Gasteiger partial charge is 0.158 e. The molecule has 2 aliphatic carbocycles. The average Bonchev–Trinajstić information content (AvgIpc) is 2.53. The number of fused-ring (bicyclic) bond motifs is 1. The molecule has 0 radical (unpaired) electrons. The molecule has 3 fully saturated rings. The molecule has 3 rings (SSSR count). The average molecular weight is 170 g/mol. The highest BCUT2D eigenvalue weighted by atomic mass is 16.6. The molecule has 1 heterocycles. The molecular formula is C9H14O3. The molecule has 3 aliphatic rings. The van der Waals surface area contributed by atoms with E-state index in [-0.39, 0.29) is 6.10 Å². The van der Waals surface area contributed by atoms with Crippen LogP contribution in [0.15, 0.2) is 0 Å². The number of hydrogen-bond donors (Lipinski definition) is 2. The first-order chi connectivity index (χ1) is 5.60. The molecule has 3 nitrogen and oxygen atoms in total. The van der Waals surface area contributed by atoms with Crippen LogP contribution in [0.1, 0.15) is 19.8 Å². The molecule has 6 atom stereocenters. The summed E-state index contributed by atoms with van der Waals surface area (Å²) in [5.41, 5.74) is -0.682. The normalized spacial score (nSPS) is 67.8. The fourth-order valence-corrected chi connectivity index (χ4v) is 3.41. The molecule has 0 amide bonds. The van der Waals surface area contributed by atoms with Gasteiger partial charge in [-0.1, -0.05) is 0 Å². The Hall–Kier alpha value is -0.120. The van der Waals surface area contributed by atoms with Gasteiger partial charge in [0.1, 0.15) is 0 Å². The van der Waals surface area contributed by atoms with Crippen LogP contribution in [0.5, 0.6) is 0 Å². The molecule has 2 saturated carbocycles. The zero-order valence-electron chi connectivity index (χ0n) is 7.10. The highest BCUT2D eigenvalue weighted by Crippen LogP contribution is 2.60. The third kappa shape index (κ3) is 0.605. The van der Waals surface area contributed by atoms with E-state index in [2.05, 4.69) is 0 Å². The minimum absolute atomic E-state index is 0.101. The van der Waals surface area contributed by atoms with Gasteiger partial charge in [0.2, 0.25) is 0 Å². The SMILES string of the molecule is CC1(O)C2OC(O)C3C[C@@H]1CC32. The van der Waals surface area contributed by atoms with Crippen molar-refractivity contribution in [3.05, 3.63) is 0 Å². The van der Waals surface area contributed by atoms with Gasteiger partial charge in [-0.05, 0) is 31.6 Å². The fourth-order valence-electron chi connectivity index (χ4n) is 3.41. The van der Waals surface area contributed by atoms with Gasteiger partial charge in [-0.3, -0.25) is 0 Å². The quantitative estimate of drug-likeness (QED) is 0.542. The van der Waals surface area contributed by atoms with Crippen molar-refractivity contribution in [3.63, 3.8) is 0 Å². The number of aliphatic hydroxyl groups is 2. The summed E-state index contributed by atoms with van der Waals surface area (Å²) in [6.45, 7) is 1.84. The van der Waals surface area contributed by atoms with Crippen molar-refractivity contribution in [1.82, 2.24) is 0 Å². The van der Waals surface area contributed by atoms with Crippen molar-refractivity contribution in [3.8, 4) is 0 Å². The Kier molecular flexibility index (Phi) is 1.13. The van der Waals surface area contributed by atoms with E-state index >= 15 is 0 Å². The maximum Gasteiger partial charge on any atom is 0.158 e. The van der Waals surface area contributed by atoms with Crippen LogP contribution >= 0.6 is 0 Å². The van der Waals surface area contributed by atoms with E-state index < -0.39 is 11.9 Å². The molecule has 12 heavy (non-hydrogen) atoms. The van der Waals surface area contributed by atoms with Gasteiger partial charge in [-0.25, -0.2) is 0 Å². The maximum atomic E-state index is 10.1. The molecule has 1 saturated heterocycles. The zero-order valence-corrected chi connectivity index (χ0v) is 7.10. The monoisotopic (exact) mass is 170 g/mol. The maximum absolute atomic E-state index is 10.1. The lowest BCUT2D eigenvalue weighted by molar-refractivity contribution is -0.148. The van der Waals surface area contributed by atoms with Crippen LogP contribution in [0.2, 0.25) is 0 Å². The lowest BCUT2D eigenvalue weighted by Crippen LogP contribution is -2.43. The van der Waals surface area contributed by atoms with E-state index in [1.54, 1.807) is 0 Å². The highest BCUT2D eigenvalue weighted by molar-refractivity contribution is 5.12. The largest absolute Gasteiger partial charge is 0.387 e. The predicted molar refractivity (Wildman–Crippen MR) is 41.2 cm³/mol. The van der Waals surface area contributed by atoms with E-state index in [1.165, 1.54) is 0 Å². The number of aliphatic hydroxyl groups excluding tert-OH is 1. The summed E-state index contributed by atoms with van der Waals surface area (Å²) in [5.74, 6) is 1.08. The molecule has 0 aromatic carbocycles. The summed E-state index contributed by atoms with van der Waals surface area (Å²) in [6, 6.07) is 0. The van der Waals surface area contributed by atoms with Crippen molar-refractivity contribution in [2.24, 2.45) is 17.8 Å². The number of ether oxygens (including phenoxy) is 1. The van der Waals surface area contributed by atoms with Crippen LogP contribution in [-0.2, 0) is 4.74 Å². The van der Waals surface area contributed by atoms with Crippen LogP contribution in [0.4, 0.5) is 0 Å². The van der Waals surface area contributed by atoms with Gasteiger partial charge in [-0.2, -0.15) is 0 Å². The third-order valence-electron chi connectivity index (χ3n) is 4.11.